The van der Waals surface area contributed by atoms with Gasteiger partial charge in [-0.1, -0.05) is 19.9 Å². The maximum Gasteiger partial charge on any atom is 0.258 e. The standard InChI is InChI=1S/C17H26N2O2/c1-4-13(5-2)19-17(20)11-21-14-7-8-15-12(10-14)6-9-16(15)18-3/h7-8,10,13,16,18H,4-6,9,11H2,1-3H3,(H,19,20). The van der Waals surface area contributed by atoms with E-state index in [1.54, 1.807) is 0 Å². The Morgan fingerprint density at radius 3 is 2.81 bits per heavy atom. The minimum atomic E-state index is -0.0442. The molecule has 1 aromatic carbocycles. The number of benzene rings is 1. The van der Waals surface area contributed by atoms with Gasteiger partial charge in [0.2, 0.25) is 0 Å². The molecule has 4 heteroatoms. The first kappa shape index (κ1) is 15.8. The minimum Gasteiger partial charge on any atom is -0.484 e. The number of aryl methyl sites for hydroxylation is 1. The van der Waals surface area contributed by atoms with E-state index >= 15 is 0 Å². The van der Waals surface area contributed by atoms with Gasteiger partial charge in [0.25, 0.3) is 5.91 Å². The molecule has 4 nitrogen and oxygen atoms in total. The van der Waals surface area contributed by atoms with E-state index in [1.807, 2.05) is 13.1 Å². The van der Waals surface area contributed by atoms with Crippen LogP contribution in [0.25, 0.3) is 0 Å². The number of hydrogen-bond acceptors (Lipinski definition) is 3. The second kappa shape index (κ2) is 7.46. The van der Waals surface area contributed by atoms with Gasteiger partial charge in [-0.2, -0.15) is 0 Å². The average molecular weight is 290 g/mol. The molecule has 0 spiro atoms. The molecule has 2 rings (SSSR count). The van der Waals surface area contributed by atoms with Crippen LogP contribution in [0.4, 0.5) is 0 Å². The van der Waals surface area contributed by atoms with Gasteiger partial charge in [0.1, 0.15) is 5.75 Å². The molecule has 0 fully saturated rings. The lowest BCUT2D eigenvalue weighted by atomic mass is 10.1. The summed E-state index contributed by atoms with van der Waals surface area (Å²) >= 11 is 0. The molecule has 1 aromatic rings. The van der Waals surface area contributed by atoms with E-state index in [2.05, 4.69) is 36.6 Å². The molecule has 116 valence electrons. The average Bonchev–Trinajstić information content (AvgIpc) is 2.92. The second-order valence-corrected chi connectivity index (χ2v) is 5.61. The Morgan fingerprint density at radius 1 is 1.38 bits per heavy atom. The number of rotatable bonds is 7. The quantitative estimate of drug-likeness (QED) is 0.811. The molecule has 0 aromatic heterocycles. The van der Waals surface area contributed by atoms with Gasteiger partial charge in [-0.3, -0.25) is 4.79 Å². The van der Waals surface area contributed by atoms with Crippen molar-refractivity contribution in [1.82, 2.24) is 10.6 Å². The third kappa shape index (κ3) is 3.97. The summed E-state index contributed by atoms with van der Waals surface area (Å²) in [6.45, 7) is 4.24. The van der Waals surface area contributed by atoms with Crippen molar-refractivity contribution in [2.45, 2.75) is 51.6 Å². The molecule has 0 heterocycles. The first-order valence-corrected chi connectivity index (χ1v) is 7.90. The van der Waals surface area contributed by atoms with Gasteiger partial charge in [-0.25, -0.2) is 0 Å². The maximum atomic E-state index is 11.8. The van der Waals surface area contributed by atoms with Crippen LogP contribution in [0.5, 0.6) is 5.75 Å². The molecule has 2 N–H and O–H groups in total. The highest BCUT2D eigenvalue weighted by Gasteiger charge is 2.21. The fraction of sp³-hybridized carbons (Fsp3) is 0.588. The lowest BCUT2D eigenvalue weighted by molar-refractivity contribution is -0.123. The Bertz CT molecular complexity index is 484. The topological polar surface area (TPSA) is 50.4 Å². The lowest BCUT2D eigenvalue weighted by Crippen LogP contribution is -2.37. The molecular weight excluding hydrogens is 264 g/mol. The molecule has 0 bridgehead atoms. The van der Waals surface area contributed by atoms with Crippen LogP contribution in [-0.2, 0) is 11.2 Å². The van der Waals surface area contributed by atoms with E-state index < -0.39 is 0 Å². The van der Waals surface area contributed by atoms with Crippen LogP contribution in [0, 0.1) is 0 Å². The highest BCUT2D eigenvalue weighted by atomic mass is 16.5. The van der Waals surface area contributed by atoms with Crippen LogP contribution >= 0.6 is 0 Å². The van der Waals surface area contributed by atoms with E-state index in [9.17, 15) is 4.79 Å². The van der Waals surface area contributed by atoms with E-state index in [0.29, 0.717) is 6.04 Å². The number of amides is 1. The molecule has 1 aliphatic rings. The van der Waals surface area contributed by atoms with Gasteiger partial charge in [0.05, 0.1) is 0 Å². The van der Waals surface area contributed by atoms with Crippen LogP contribution < -0.4 is 15.4 Å². The first-order valence-electron chi connectivity index (χ1n) is 7.90. The Balaban J connectivity index is 1.88. The molecule has 1 aliphatic carbocycles. The van der Waals surface area contributed by atoms with Gasteiger partial charge in [-0.15, -0.1) is 0 Å². The maximum absolute atomic E-state index is 11.8. The molecule has 0 radical (unpaired) electrons. The SMILES string of the molecule is CCC(CC)NC(=O)COc1ccc2c(c1)CCC2NC. The van der Waals surface area contributed by atoms with Crippen molar-refractivity contribution in [1.29, 1.82) is 0 Å². The zero-order valence-electron chi connectivity index (χ0n) is 13.2. The molecule has 0 aliphatic heterocycles. The smallest absolute Gasteiger partial charge is 0.258 e. The molecular formula is C17H26N2O2. The van der Waals surface area contributed by atoms with E-state index in [4.69, 9.17) is 4.74 Å². The zero-order valence-corrected chi connectivity index (χ0v) is 13.2. The minimum absolute atomic E-state index is 0.0442. The highest BCUT2D eigenvalue weighted by molar-refractivity contribution is 5.77. The largest absolute Gasteiger partial charge is 0.484 e. The van der Waals surface area contributed by atoms with E-state index in [0.717, 1.165) is 31.4 Å². The van der Waals surface area contributed by atoms with Crippen LogP contribution in [0.15, 0.2) is 18.2 Å². The Kier molecular flexibility index (Phi) is 5.62. The van der Waals surface area contributed by atoms with Crippen molar-refractivity contribution >= 4 is 5.91 Å². The molecule has 1 amide bonds. The molecule has 0 saturated heterocycles. The summed E-state index contributed by atoms with van der Waals surface area (Å²) < 4.78 is 5.62. The van der Waals surface area contributed by atoms with Crippen molar-refractivity contribution in [2.24, 2.45) is 0 Å². The second-order valence-electron chi connectivity index (χ2n) is 5.61. The zero-order chi connectivity index (χ0) is 15.2. The van der Waals surface area contributed by atoms with Gasteiger partial charge < -0.3 is 15.4 Å². The summed E-state index contributed by atoms with van der Waals surface area (Å²) in [6, 6.07) is 6.83. The number of fused-ring (bicyclic) bond motifs is 1. The third-order valence-corrected chi connectivity index (χ3v) is 4.26. The third-order valence-electron chi connectivity index (χ3n) is 4.26. The van der Waals surface area contributed by atoms with E-state index in [1.165, 1.54) is 11.1 Å². The van der Waals surface area contributed by atoms with Gasteiger partial charge in [-0.05, 0) is 56.0 Å². The lowest BCUT2D eigenvalue weighted by Gasteiger charge is -2.15. The fourth-order valence-corrected chi connectivity index (χ4v) is 2.89. The summed E-state index contributed by atoms with van der Waals surface area (Å²) in [7, 11) is 1.99. The van der Waals surface area contributed by atoms with Crippen LogP contribution in [0.2, 0.25) is 0 Å². The van der Waals surface area contributed by atoms with Crippen molar-refractivity contribution in [3.8, 4) is 5.75 Å². The number of ether oxygens (including phenoxy) is 1. The summed E-state index contributed by atoms with van der Waals surface area (Å²) in [6.07, 6.45) is 4.10. The van der Waals surface area contributed by atoms with Crippen LogP contribution in [0.3, 0.4) is 0 Å². The molecule has 0 saturated carbocycles. The number of nitrogens with one attached hydrogen (secondary N) is 2. The Hall–Kier alpha value is -1.55. The molecule has 1 unspecified atom stereocenters. The molecule has 21 heavy (non-hydrogen) atoms. The van der Waals surface area contributed by atoms with Crippen molar-refractivity contribution in [2.75, 3.05) is 13.7 Å². The first-order chi connectivity index (χ1) is 10.2. The number of hydrogen-bond donors (Lipinski definition) is 2. The summed E-state index contributed by atoms with van der Waals surface area (Å²) in [5, 5.41) is 6.30. The highest BCUT2D eigenvalue weighted by Crippen LogP contribution is 2.33. The Labute approximate surface area is 127 Å². The van der Waals surface area contributed by atoms with Gasteiger partial charge >= 0.3 is 0 Å². The summed E-state index contributed by atoms with van der Waals surface area (Å²) in [5.74, 6) is 0.738. The van der Waals surface area contributed by atoms with Crippen LogP contribution in [0.1, 0.15) is 50.3 Å². The van der Waals surface area contributed by atoms with E-state index in [-0.39, 0.29) is 18.6 Å². The van der Waals surface area contributed by atoms with Crippen molar-refractivity contribution in [3.05, 3.63) is 29.3 Å². The monoisotopic (exact) mass is 290 g/mol. The Morgan fingerprint density at radius 2 is 2.14 bits per heavy atom. The summed E-state index contributed by atoms with van der Waals surface area (Å²) in [4.78, 5) is 11.8. The fourth-order valence-electron chi connectivity index (χ4n) is 2.89. The van der Waals surface area contributed by atoms with Crippen molar-refractivity contribution in [3.63, 3.8) is 0 Å². The number of carbonyl (C=O) groups excluding carboxylic acids is 1. The predicted octanol–water partition coefficient (Wildman–Crippen LogP) is 2.58. The van der Waals surface area contributed by atoms with Crippen molar-refractivity contribution < 1.29 is 9.53 Å². The summed E-state index contributed by atoms with van der Waals surface area (Å²) in [5.41, 5.74) is 2.68. The normalized spacial score (nSPS) is 16.9. The molecule has 1 atom stereocenters. The van der Waals surface area contributed by atoms with Gasteiger partial charge in [0.15, 0.2) is 6.61 Å². The van der Waals surface area contributed by atoms with Gasteiger partial charge in [0, 0.05) is 12.1 Å². The van der Waals surface area contributed by atoms with Crippen LogP contribution in [-0.4, -0.2) is 25.6 Å². The number of carbonyl (C=O) groups is 1. The predicted molar refractivity (Wildman–Crippen MR) is 84.6 cm³/mol.